The van der Waals surface area contributed by atoms with Gasteiger partial charge < -0.3 is 10.0 Å². The number of para-hydroxylation sites is 1. The van der Waals surface area contributed by atoms with Crippen LogP contribution >= 0.6 is 0 Å². The number of carboxylic acids is 1. The van der Waals surface area contributed by atoms with E-state index in [0.717, 1.165) is 32.4 Å². The third kappa shape index (κ3) is 2.35. The fraction of sp³-hybridized carbons (Fsp3) is 0.533. The summed E-state index contributed by atoms with van der Waals surface area (Å²) < 4.78 is 0. The lowest BCUT2D eigenvalue weighted by molar-refractivity contribution is -0.149. The first-order chi connectivity index (χ1) is 8.57. The molecule has 0 radical (unpaired) electrons. The average Bonchev–Trinajstić information content (AvgIpc) is 2.39. The molecule has 1 N–H and O–H groups in total. The number of rotatable bonds is 3. The molecule has 0 bridgehead atoms. The van der Waals surface area contributed by atoms with E-state index in [2.05, 4.69) is 36.1 Å². The second-order valence-electron chi connectivity index (χ2n) is 5.34. The van der Waals surface area contributed by atoms with Crippen LogP contribution in [0.3, 0.4) is 0 Å². The van der Waals surface area contributed by atoms with Gasteiger partial charge in [-0.25, -0.2) is 0 Å². The van der Waals surface area contributed by atoms with Gasteiger partial charge in [0.15, 0.2) is 0 Å². The number of anilines is 1. The number of hydrogen-bond donors (Lipinski definition) is 1. The van der Waals surface area contributed by atoms with Gasteiger partial charge in [-0.05, 0) is 37.8 Å². The van der Waals surface area contributed by atoms with Crippen LogP contribution in [0.5, 0.6) is 0 Å². The van der Waals surface area contributed by atoms with Crippen LogP contribution in [0.4, 0.5) is 5.69 Å². The van der Waals surface area contributed by atoms with Gasteiger partial charge in [-0.2, -0.15) is 0 Å². The molecule has 3 nitrogen and oxygen atoms in total. The number of carboxylic acid groups (broad SMARTS) is 1. The first kappa shape index (κ1) is 12.9. The van der Waals surface area contributed by atoms with Crippen molar-refractivity contribution in [1.29, 1.82) is 0 Å². The van der Waals surface area contributed by atoms with Crippen LogP contribution < -0.4 is 4.90 Å². The summed E-state index contributed by atoms with van der Waals surface area (Å²) in [6.07, 6.45) is 2.46. The maximum absolute atomic E-state index is 11.2. The molecule has 3 heteroatoms. The van der Waals surface area contributed by atoms with Crippen molar-refractivity contribution in [1.82, 2.24) is 0 Å². The first-order valence-electron chi connectivity index (χ1n) is 6.63. The lowest BCUT2D eigenvalue weighted by Gasteiger charge is -2.38. The molecule has 0 aromatic heterocycles. The molecule has 0 aliphatic carbocycles. The van der Waals surface area contributed by atoms with E-state index in [9.17, 15) is 9.90 Å². The van der Waals surface area contributed by atoms with Gasteiger partial charge in [-0.3, -0.25) is 4.79 Å². The Morgan fingerprint density at radius 1 is 1.33 bits per heavy atom. The van der Waals surface area contributed by atoms with Crippen LogP contribution in [0.15, 0.2) is 24.3 Å². The van der Waals surface area contributed by atoms with Crippen LogP contribution in [-0.2, 0) is 11.2 Å². The van der Waals surface area contributed by atoms with Crippen LogP contribution in [0, 0.1) is 5.41 Å². The fourth-order valence-electron chi connectivity index (χ4n) is 2.57. The van der Waals surface area contributed by atoms with E-state index in [0.29, 0.717) is 0 Å². The van der Waals surface area contributed by atoms with Crippen LogP contribution in [0.2, 0.25) is 0 Å². The Bertz CT molecular complexity index is 434. The summed E-state index contributed by atoms with van der Waals surface area (Å²) in [5.74, 6) is -0.661. The van der Waals surface area contributed by atoms with Crippen LogP contribution in [0.25, 0.3) is 0 Å². The van der Waals surface area contributed by atoms with Crippen molar-refractivity contribution in [3.63, 3.8) is 0 Å². The molecular formula is C15H21NO2. The minimum absolute atomic E-state index is 0.544. The summed E-state index contributed by atoms with van der Waals surface area (Å²) in [4.78, 5) is 13.5. The number of benzene rings is 1. The highest BCUT2D eigenvalue weighted by molar-refractivity contribution is 5.74. The summed E-state index contributed by atoms with van der Waals surface area (Å²) in [6, 6.07) is 8.41. The molecule has 0 spiro atoms. The largest absolute Gasteiger partial charge is 0.481 e. The molecule has 0 atom stereocenters. The first-order valence-corrected chi connectivity index (χ1v) is 6.63. The van der Waals surface area contributed by atoms with Gasteiger partial charge in [0, 0.05) is 18.8 Å². The van der Waals surface area contributed by atoms with E-state index in [1.807, 2.05) is 6.92 Å². The summed E-state index contributed by atoms with van der Waals surface area (Å²) in [7, 11) is 0. The summed E-state index contributed by atoms with van der Waals surface area (Å²) in [6.45, 7) is 5.68. The van der Waals surface area contributed by atoms with Crippen molar-refractivity contribution in [2.24, 2.45) is 5.41 Å². The maximum Gasteiger partial charge on any atom is 0.309 e. The predicted molar refractivity (Wildman–Crippen MR) is 73.0 cm³/mol. The van der Waals surface area contributed by atoms with Gasteiger partial charge >= 0.3 is 5.97 Å². The van der Waals surface area contributed by atoms with Crippen molar-refractivity contribution in [3.05, 3.63) is 29.8 Å². The minimum atomic E-state index is -0.661. The van der Waals surface area contributed by atoms with Gasteiger partial charge in [0.1, 0.15) is 0 Å². The van der Waals surface area contributed by atoms with E-state index in [4.69, 9.17) is 0 Å². The molecule has 18 heavy (non-hydrogen) atoms. The number of aliphatic carboxylic acids is 1. The minimum Gasteiger partial charge on any atom is -0.481 e. The summed E-state index contributed by atoms with van der Waals surface area (Å²) in [5.41, 5.74) is 2.07. The topological polar surface area (TPSA) is 40.5 Å². The maximum atomic E-state index is 11.2. The molecule has 1 saturated heterocycles. The van der Waals surface area contributed by atoms with Gasteiger partial charge in [-0.1, -0.05) is 25.1 Å². The molecule has 1 aromatic carbocycles. The highest BCUT2D eigenvalue weighted by Crippen LogP contribution is 2.34. The third-order valence-electron chi connectivity index (χ3n) is 4.10. The van der Waals surface area contributed by atoms with Gasteiger partial charge in [-0.15, -0.1) is 0 Å². The van der Waals surface area contributed by atoms with Crippen molar-refractivity contribution in [2.45, 2.75) is 33.1 Å². The summed E-state index contributed by atoms with van der Waals surface area (Å²) in [5, 5.41) is 9.24. The number of hydrogen-bond acceptors (Lipinski definition) is 2. The number of carbonyl (C=O) groups is 1. The molecule has 2 rings (SSSR count). The quantitative estimate of drug-likeness (QED) is 0.892. The molecule has 98 valence electrons. The Labute approximate surface area is 108 Å². The van der Waals surface area contributed by atoms with Gasteiger partial charge in [0.25, 0.3) is 0 Å². The zero-order chi connectivity index (χ0) is 13.2. The second-order valence-corrected chi connectivity index (χ2v) is 5.34. The Kier molecular flexibility index (Phi) is 3.60. The van der Waals surface area contributed by atoms with E-state index >= 15 is 0 Å². The van der Waals surface area contributed by atoms with Crippen molar-refractivity contribution in [3.8, 4) is 0 Å². The molecule has 1 aliphatic rings. The van der Waals surface area contributed by atoms with Crippen molar-refractivity contribution < 1.29 is 9.90 Å². The normalized spacial score (nSPS) is 18.7. The van der Waals surface area contributed by atoms with Crippen molar-refractivity contribution >= 4 is 11.7 Å². The van der Waals surface area contributed by atoms with E-state index < -0.39 is 11.4 Å². The molecule has 1 fully saturated rings. The van der Waals surface area contributed by atoms with E-state index in [1.165, 1.54) is 11.3 Å². The Morgan fingerprint density at radius 3 is 2.50 bits per heavy atom. The van der Waals surface area contributed by atoms with Gasteiger partial charge in [0.2, 0.25) is 0 Å². The van der Waals surface area contributed by atoms with Gasteiger partial charge in [0.05, 0.1) is 5.41 Å². The second kappa shape index (κ2) is 5.01. The highest BCUT2D eigenvalue weighted by Gasteiger charge is 2.37. The zero-order valence-corrected chi connectivity index (χ0v) is 11.1. The van der Waals surface area contributed by atoms with E-state index in [-0.39, 0.29) is 0 Å². The molecule has 1 heterocycles. The summed E-state index contributed by atoms with van der Waals surface area (Å²) >= 11 is 0. The number of nitrogens with zero attached hydrogens (tertiary/aromatic N) is 1. The molecular weight excluding hydrogens is 226 g/mol. The predicted octanol–water partition coefficient (Wildman–Crippen LogP) is 2.94. The van der Waals surface area contributed by atoms with Crippen LogP contribution in [0.1, 0.15) is 32.3 Å². The third-order valence-corrected chi connectivity index (χ3v) is 4.10. The average molecular weight is 247 g/mol. The van der Waals surface area contributed by atoms with Crippen LogP contribution in [-0.4, -0.2) is 24.2 Å². The smallest absolute Gasteiger partial charge is 0.309 e. The Morgan fingerprint density at radius 2 is 1.94 bits per heavy atom. The fourth-order valence-corrected chi connectivity index (χ4v) is 2.57. The SMILES string of the molecule is CCc1ccccc1N1CCC(C)(C(=O)O)CC1. The highest BCUT2D eigenvalue weighted by atomic mass is 16.4. The molecule has 1 aromatic rings. The molecule has 0 saturated carbocycles. The monoisotopic (exact) mass is 247 g/mol. The zero-order valence-electron chi connectivity index (χ0n) is 11.1. The molecule has 1 aliphatic heterocycles. The lowest BCUT2D eigenvalue weighted by atomic mass is 9.80. The lowest BCUT2D eigenvalue weighted by Crippen LogP contribution is -2.43. The molecule has 0 unspecified atom stereocenters. The van der Waals surface area contributed by atoms with E-state index in [1.54, 1.807) is 0 Å². The molecule has 0 amide bonds. The number of aryl methyl sites for hydroxylation is 1. The van der Waals surface area contributed by atoms with Crippen molar-refractivity contribution in [2.75, 3.05) is 18.0 Å². The number of piperidine rings is 1. The Hall–Kier alpha value is -1.51. The Balaban J connectivity index is 2.12. The standard InChI is InChI=1S/C15H21NO2/c1-3-12-6-4-5-7-13(12)16-10-8-15(2,9-11-16)14(17)18/h4-7H,3,8-11H2,1-2H3,(H,17,18).